The van der Waals surface area contributed by atoms with E-state index in [4.69, 9.17) is 27.9 Å². The van der Waals surface area contributed by atoms with E-state index in [0.717, 1.165) is 28.1 Å². The highest BCUT2D eigenvalue weighted by Crippen LogP contribution is 2.46. The Hall–Kier alpha value is -2.53. The first-order valence-corrected chi connectivity index (χ1v) is 9.58. The fourth-order valence-corrected chi connectivity index (χ4v) is 4.02. The van der Waals surface area contributed by atoms with Crippen LogP contribution in [-0.4, -0.2) is 5.01 Å². The number of fused-ring (bicyclic) bond motifs is 3. The molecule has 2 aliphatic rings. The highest BCUT2D eigenvalue weighted by atomic mass is 35.5. The Labute approximate surface area is 171 Å². The molecule has 2 heterocycles. The topological polar surface area (TPSA) is 24.5 Å². The summed E-state index contributed by atoms with van der Waals surface area (Å²) in [6.45, 7) is 0. The van der Waals surface area contributed by atoms with Gasteiger partial charge in [-0.05, 0) is 66.2 Å². The van der Waals surface area contributed by atoms with Crippen molar-refractivity contribution in [3.05, 3.63) is 105 Å². The molecule has 2 aliphatic heterocycles. The van der Waals surface area contributed by atoms with Gasteiger partial charge in [0.15, 0.2) is 6.23 Å². The summed E-state index contributed by atoms with van der Waals surface area (Å²) in [6, 6.07) is 19.5. The van der Waals surface area contributed by atoms with Crippen molar-refractivity contribution in [3.63, 3.8) is 0 Å². The molecule has 0 radical (unpaired) electrons. The maximum Gasteiger partial charge on any atom is 0.196 e. The fourth-order valence-electron chi connectivity index (χ4n) is 3.64. The van der Waals surface area contributed by atoms with E-state index in [1.54, 1.807) is 12.1 Å². The van der Waals surface area contributed by atoms with Crippen molar-refractivity contribution in [3.8, 4) is 5.75 Å². The lowest BCUT2D eigenvalue weighted by atomic mass is 10.0. The Morgan fingerprint density at radius 3 is 2.50 bits per heavy atom. The van der Waals surface area contributed by atoms with E-state index in [1.807, 2.05) is 47.5 Å². The maximum atomic E-state index is 13.3. The van der Waals surface area contributed by atoms with Crippen LogP contribution in [0.15, 0.2) is 72.8 Å². The minimum absolute atomic E-state index is 0.0912. The Morgan fingerprint density at radius 2 is 1.71 bits per heavy atom. The van der Waals surface area contributed by atoms with Gasteiger partial charge in [0.2, 0.25) is 0 Å². The summed E-state index contributed by atoms with van der Waals surface area (Å²) in [4.78, 5) is 0. The predicted molar refractivity (Wildman–Crippen MR) is 108 cm³/mol. The summed E-state index contributed by atoms with van der Waals surface area (Å²) >= 11 is 12.4. The zero-order valence-corrected chi connectivity index (χ0v) is 16.1. The minimum atomic E-state index is -0.383. The summed E-state index contributed by atoms with van der Waals surface area (Å²) in [7, 11) is 0. The van der Waals surface area contributed by atoms with Crippen molar-refractivity contribution in [2.75, 3.05) is 0 Å². The van der Waals surface area contributed by atoms with Crippen LogP contribution in [0.3, 0.4) is 0 Å². The lowest BCUT2D eigenvalue weighted by Gasteiger charge is -2.39. The second-order valence-corrected chi connectivity index (χ2v) is 7.63. The molecule has 0 fully saturated rings. The minimum Gasteiger partial charge on any atom is -0.469 e. The van der Waals surface area contributed by atoms with Gasteiger partial charge < -0.3 is 10.2 Å². The van der Waals surface area contributed by atoms with Crippen molar-refractivity contribution >= 4 is 28.9 Å². The van der Waals surface area contributed by atoms with Crippen molar-refractivity contribution in [2.45, 2.75) is 12.3 Å². The molecule has 0 saturated heterocycles. The summed E-state index contributed by atoms with van der Waals surface area (Å²) < 4.78 is 19.6. The highest BCUT2D eigenvalue weighted by Gasteiger charge is 2.40. The number of halogens is 3. The van der Waals surface area contributed by atoms with Crippen LogP contribution in [0.5, 0.6) is 5.75 Å². The molecule has 0 bridgehead atoms. The molecule has 5 rings (SSSR count). The van der Waals surface area contributed by atoms with Gasteiger partial charge in [0.25, 0.3) is 0 Å². The van der Waals surface area contributed by atoms with Gasteiger partial charge in [0.1, 0.15) is 11.6 Å². The van der Waals surface area contributed by atoms with Crippen LogP contribution < -0.4 is 10.2 Å². The van der Waals surface area contributed by atoms with E-state index >= 15 is 0 Å². The van der Waals surface area contributed by atoms with Crippen molar-refractivity contribution < 1.29 is 9.13 Å². The number of hydrogen-bond acceptors (Lipinski definition) is 3. The second kappa shape index (κ2) is 6.82. The average molecular weight is 413 g/mol. The third-order valence-electron chi connectivity index (χ3n) is 4.94. The molecule has 0 aromatic heterocycles. The number of ether oxygens (including phenoxy) is 1. The summed E-state index contributed by atoms with van der Waals surface area (Å²) in [5.74, 6) is 0.506. The van der Waals surface area contributed by atoms with Crippen LogP contribution >= 0.6 is 23.2 Å². The molecule has 3 aromatic rings. The van der Waals surface area contributed by atoms with Gasteiger partial charge in [-0.2, -0.15) is 5.01 Å². The largest absolute Gasteiger partial charge is 0.469 e. The molecule has 2 unspecified atom stereocenters. The molecular weight excluding hydrogens is 398 g/mol. The smallest absolute Gasteiger partial charge is 0.196 e. The van der Waals surface area contributed by atoms with E-state index in [0.29, 0.717) is 10.0 Å². The van der Waals surface area contributed by atoms with E-state index in [2.05, 4.69) is 11.5 Å². The lowest BCUT2D eigenvalue weighted by Crippen LogP contribution is -2.43. The van der Waals surface area contributed by atoms with Gasteiger partial charge in [0, 0.05) is 21.2 Å². The van der Waals surface area contributed by atoms with Crippen LogP contribution in [-0.2, 0) is 0 Å². The van der Waals surface area contributed by atoms with Gasteiger partial charge in [-0.1, -0.05) is 35.3 Å². The normalized spacial score (nSPS) is 20.6. The molecule has 0 aliphatic carbocycles. The Balaban J connectivity index is 1.60. The quantitative estimate of drug-likeness (QED) is 0.547. The number of rotatable bonds is 2. The predicted octanol–water partition coefficient (Wildman–Crippen LogP) is 6.13. The third-order valence-corrected chi connectivity index (χ3v) is 5.41. The van der Waals surface area contributed by atoms with E-state index < -0.39 is 0 Å². The molecule has 0 saturated carbocycles. The van der Waals surface area contributed by atoms with Crippen LogP contribution in [0.2, 0.25) is 10.0 Å². The molecular formula is C22H15Cl2FN2O. The average Bonchev–Trinajstić information content (AvgIpc) is 3.14. The van der Waals surface area contributed by atoms with Crippen LogP contribution in [0, 0.1) is 5.82 Å². The first-order chi connectivity index (χ1) is 13.6. The zero-order chi connectivity index (χ0) is 19.3. The van der Waals surface area contributed by atoms with E-state index in [1.165, 1.54) is 12.1 Å². The molecule has 28 heavy (non-hydrogen) atoms. The standard InChI is InChI=1S/C22H15Cl2FN2O/c23-15-3-1-2-14(10-15)22-27-20(18-11-16(24)6-9-21(18)28-22)12-19(26-27)13-4-7-17(25)8-5-13/h1-12,20,22,26H. The molecule has 1 N–H and O–H groups in total. The molecule has 140 valence electrons. The highest BCUT2D eigenvalue weighted by molar-refractivity contribution is 6.31. The summed E-state index contributed by atoms with van der Waals surface area (Å²) in [6.07, 6.45) is 1.72. The monoisotopic (exact) mass is 412 g/mol. The lowest BCUT2D eigenvalue weighted by molar-refractivity contribution is -0.0326. The van der Waals surface area contributed by atoms with Crippen molar-refractivity contribution in [2.24, 2.45) is 0 Å². The molecule has 6 heteroatoms. The maximum absolute atomic E-state index is 13.3. The number of nitrogens with one attached hydrogen (secondary N) is 1. The first kappa shape index (κ1) is 17.6. The third kappa shape index (κ3) is 3.04. The molecule has 0 spiro atoms. The second-order valence-electron chi connectivity index (χ2n) is 6.76. The Morgan fingerprint density at radius 1 is 0.929 bits per heavy atom. The van der Waals surface area contributed by atoms with Crippen molar-refractivity contribution in [1.82, 2.24) is 10.4 Å². The van der Waals surface area contributed by atoms with Gasteiger partial charge in [0.05, 0.1) is 11.7 Å². The number of benzene rings is 3. The molecule has 3 nitrogen and oxygen atoms in total. The van der Waals surface area contributed by atoms with Gasteiger partial charge in [-0.15, -0.1) is 0 Å². The molecule has 3 aromatic carbocycles. The summed E-state index contributed by atoms with van der Waals surface area (Å²) in [5.41, 5.74) is 7.09. The van der Waals surface area contributed by atoms with Crippen LogP contribution in [0.25, 0.3) is 5.70 Å². The van der Waals surface area contributed by atoms with Gasteiger partial charge in [-0.25, -0.2) is 4.39 Å². The number of hydrazine groups is 1. The van der Waals surface area contributed by atoms with Crippen LogP contribution in [0.1, 0.15) is 29.0 Å². The number of hydrogen-bond donors (Lipinski definition) is 1. The SMILES string of the molecule is Fc1ccc(C2=CC3c4cc(Cl)ccc4OC(c4cccc(Cl)c4)N3N2)cc1. The molecule has 0 amide bonds. The fraction of sp³-hybridized carbons (Fsp3) is 0.0909. The molecule has 2 atom stereocenters. The first-order valence-electron chi connectivity index (χ1n) is 8.83. The van der Waals surface area contributed by atoms with Gasteiger partial charge >= 0.3 is 0 Å². The van der Waals surface area contributed by atoms with Gasteiger partial charge in [-0.3, -0.25) is 0 Å². The van der Waals surface area contributed by atoms with Crippen molar-refractivity contribution in [1.29, 1.82) is 0 Å². The number of nitrogens with zero attached hydrogens (tertiary/aromatic N) is 1. The Kier molecular flexibility index (Phi) is 4.27. The Bertz CT molecular complexity index is 1080. The van der Waals surface area contributed by atoms with Crippen LogP contribution in [0.4, 0.5) is 4.39 Å². The zero-order valence-electron chi connectivity index (χ0n) is 14.6. The van der Waals surface area contributed by atoms with E-state index in [9.17, 15) is 4.39 Å². The summed E-state index contributed by atoms with van der Waals surface area (Å²) in [5, 5.41) is 3.31. The van der Waals surface area contributed by atoms with E-state index in [-0.39, 0.29) is 18.1 Å².